The quantitative estimate of drug-likeness (QED) is 0.289. The Hall–Kier alpha value is -3.96. The molecular formula is C21H16ClN3O7S. The van der Waals surface area contributed by atoms with E-state index in [-0.39, 0.29) is 32.4 Å². The van der Waals surface area contributed by atoms with Crippen molar-refractivity contribution in [3.05, 3.63) is 93.0 Å². The Kier molecular flexibility index (Phi) is 6.95. The zero-order valence-corrected chi connectivity index (χ0v) is 18.5. The van der Waals surface area contributed by atoms with Crippen LogP contribution in [0.1, 0.15) is 20.7 Å². The van der Waals surface area contributed by atoms with Crippen LogP contribution in [0.4, 0.5) is 17.1 Å². The largest absolute Gasteiger partial charge is 0.465 e. The Bertz CT molecular complexity index is 1360. The van der Waals surface area contributed by atoms with E-state index in [1.807, 2.05) is 0 Å². The van der Waals surface area contributed by atoms with Crippen molar-refractivity contribution < 1.29 is 27.7 Å². The van der Waals surface area contributed by atoms with Crippen LogP contribution < -0.4 is 10.0 Å². The van der Waals surface area contributed by atoms with E-state index in [0.717, 1.165) is 25.3 Å². The third kappa shape index (κ3) is 5.64. The Labute approximate surface area is 193 Å². The van der Waals surface area contributed by atoms with Crippen molar-refractivity contribution in [2.24, 2.45) is 0 Å². The van der Waals surface area contributed by atoms with Gasteiger partial charge in [0.1, 0.15) is 0 Å². The number of esters is 1. The highest BCUT2D eigenvalue weighted by atomic mass is 35.5. The van der Waals surface area contributed by atoms with E-state index in [2.05, 4.69) is 14.8 Å². The highest BCUT2D eigenvalue weighted by Crippen LogP contribution is 2.25. The first-order chi connectivity index (χ1) is 15.6. The van der Waals surface area contributed by atoms with Gasteiger partial charge in [0.15, 0.2) is 0 Å². The Balaban J connectivity index is 1.88. The monoisotopic (exact) mass is 489 g/mol. The second kappa shape index (κ2) is 9.67. The second-order valence-electron chi connectivity index (χ2n) is 6.58. The first-order valence-electron chi connectivity index (χ1n) is 9.17. The van der Waals surface area contributed by atoms with E-state index in [0.29, 0.717) is 0 Å². The zero-order valence-electron chi connectivity index (χ0n) is 16.9. The number of nitrogens with zero attached hydrogens (tertiary/aromatic N) is 1. The molecule has 170 valence electrons. The molecule has 1 amide bonds. The number of para-hydroxylation sites is 1. The Morgan fingerprint density at radius 2 is 1.70 bits per heavy atom. The number of hydrogen-bond donors (Lipinski definition) is 2. The summed E-state index contributed by atoms with van der Waals surface area (Å²) < 4.78 is 32.4. The molecular weight excluding hydrogens is 474 g/mol. The number of nitro benzene ring substituents is 1. The van der Waals surface area contributed by atoms with Gasteiger partial charge in [-0.25, -0.2) is 13.2 Å². The van der Waals surface area contributed by atoms with E-state index in [1.54, 1.807) is 12.1 Å². The van der Waals surface area contributed by atoms with Gasteiger partial charge in [-0.15, -0.1) is 0 Å². The molecule has 0 unspecified atom stereocenters. The lowest BCUT2D eigenvalue weighted by Crippen LogP contribution is -2.16. The fourth-order valence-corrected chi connectivity index (χ4v) is 4.14. The van der Waals surface area contributed by atoms with E-state index in [1.165, 1.54) is 36.4 Å². The number of rotatable bonds is 7. The van der Waals surface area contributed by atoms with Crippen LogP contribution in [0.5, 0.6) is 0 Å². The van der Waals surface area contributed by atoms with Gasteiger partial charge >= 0.3 is 5.97 Å². The van der Waals surface area contributed by atoms with E-state index in [4.69, 9.17) is 11.6 Å². The number of anilines is 2. The number of methoxy groups -OCH3 is 1. The van der Waals surface area contributed by atoms with Crippen molar-refractivity contribution in [3.8, 4) is 0 Å². The zero-order chi connectivity index (χ0) is 24.2. The molecule has 0 heterocycles. The number of non-ortho nitro benzene ring substituents is 1. The number of benzene rings is 3. The normalized spacial score (nSPS) is 10.8. The number of nitro groups is 1. The number of hydrogen-bond acceptors (Lipinski definition) is 7. The van der Waals surface area contributed by atoms with Gasteiger partial charge in [-0.2, -0.15) is 0 Å². The summed E-state index contributed by atoms with van der Waals surface area (Å²) in [5.74, 6) is -1.65. The number of ether oxygens (including phenoxy) is 1. The molecule has 0 bridgehead atoms. The molecule has 0 atom stereocenters. The van der Waals surface area contributed by atoms with Crippen LogP contribution >= 0.6 is 11.6 Å². The fraction of sp³-hybridized carbons (Fsp3) is 0.0476. The summed E-state index contributed by atoms with van der Waals surface area (Å²) in [5.41, 5.74) is -0.568. The smallest absolute Gasteiger partial charge is 0.338 e. The molecule has 0 aliphatic heterocycles. The number of amides is 1. The summed E-state index contributed by atoms with van der Waals surface area (Å²) in [6.45, 7) is 0. The molecule has 0 aliphatic rings. The summed E-state index contributed by atoms with van der Waals surface area (Å²) >= 11 is 6.00. The lowest BCUT2D eigenvalue weighted by Gasteiger charge is -2.11. The van der Waals surface area contributed by atoms with Crippen LogP contribution in [0.3, 0.4) is 0 Å². The summed E-state index contributed by atoms with van der Waals surface area (Å²) in [6, 6.07) is 14.7. The standard InChI is InChI=1S/C21H16ClN3O7S/c1-32-21(27)14-9-13(10-16(11-14)25(28)29)20(26)23-15-5-4-6-17(12-15)33(30,31)24-19-8-3-2-7-18(19)22/h2-12,24H,1H3,(H,23,26). The maximum atomic E-state index is 12.7. The van der Waals surface area contributed by atoms with E-state index >= 15 is 0 Å². The molecule has 0 fully saturated rings. The molecule has 0 saturated heterocycles. The SMILES string of the molecule is COC(=O)c1cc(C(=O)Nc2cccc(S(=O)(=O)Nc3ccccc3Cl)c2)cc([N+](=O)[O-])c1. The van der Waals surface area contributed by atoms with Gasteiger partial charge in [0, 0.05) is 23.4 Å². The first-order valence-corrected chi connectivity index (χ1v) is 11.0. The van der Waals surface area contributed by atoms with Gasteiger partial charge in [0.05, 0.1) is 33.2 Å². The average molecular weight is 490 g/mol. The van der Waals surface area contributed by atoms with E-state index in [9.17, 15) is 28.1 Å². The van der Waals surface area contributed by atoms with Crippen LogP contribution in [-0.4, -0.2) is 32.3 Å². The predicted molar refractivity (Wildman–Crippen MR) is 121 cm³/mol. The van der Waals surface area contributed by atoms with Crippen molar-refractivity contribution in [3.63, 3.8) is 0 Å². The number of halogens is 1. The molecule has 33 heavy (non-hydrogen) atoms. The van der Waals surface area contributed by atoms with Crippen LogP contribution in [-0.2, 0) is 14.8 Å². The van der Waals surface area contributed by atoms with Crippen LogP contribution in [0.2, 0.25) is 5.02 Å². The van der Waals surface area contributed by atoms with Crippen molar-refractivity contribution in [2.45, 2.75) is 4.90 Å². The number of nitrogens with one attached hydrogen (secondary N) is 2. The van der Waals surface area contributed by atoms with Crippen LogP contribution in [0.25, 0.3) is 0 Å². The van der Waals surface area contributed by atoms with Gasteiger partial charge in [-0.05, 0) is 36.4 Å². The minimum atomic E-state index is -4.03. The maximum absolute atomic E-state index is 12.7. The average Bonchev–Trinajstić information content (AvgIpc) is 2.79. The number of carbonyl (C=O) groups is 2. The van der Waals surface area contributed by atoms with Gasteiger partial charge in [-0.3, -0.25) is 19.6 Å². The second-order valence-corrected chi connectivity index (χ2v) is 8.67. The van der Waals surface area contributed by atoms with Crippen molar-refractivity contribution in [2.75, 3.05) is 17.1 Å². The van der Waals surface area contributed by atoms with Gasteiger partial charge < -0.3 is 10.1 Å². The minimum Gasteiger partial charge on any atom is -0.465 e. The molecule has 0 aliphatic carbocycles. The maximum Gasteiger partial charge on any atom is 0.338 e. The van der Waals surface area contributed by atoms with Gasteiger partial charge in [0.25, 0.3) is 21.6 Å². The fourth-order valence-electron chi connectivity index (χ4n) is 2.78. The molecule has 3 rings (SSSR count). The molecule has 3 aromatic carbocycles. The predicted octanol–water partition coefficient (Wildman–Crippen LogP) is 4.09. The molecule has 0 saturated carbocycles. The number of carbonyl (C=O) groups excluding carboxylic acids is 2. The summed E-state index contributed by atoms with van der Waals surface area (Å²) in [7, 11) is -2.93. The molecule has 0 spiro atoms. The first kappa shape index (κ1) is 23.7. The molecule has 3 aromatic rings. The van der Waals surface area contributed by atoms with Crippen LogP contribution in [0, 0.1) is 10.1 Å². The molecule has 10 nitrogen and oxygen atoms in total. The topological polar surface area (TPSA) is 145 Å². The van der Waals surface area contributed by atoms with Crippen molar-refractivity contribution in [1.29, 1.82) is 0 Å². The van der Waals surface area contributed by atoms with E-state index < -0.39 is 32.5 Å². The highest BCUT2D eigenvalue weighted by molar-refractivity contribution is 7.92. The summed E-state index contributed by atoms with van der Waals surface area (Å²) in [5, 5.41) is 13.8. The minimum absolute atomic E-state index is 0.105. The van der Waals surface area contributed by atoms with Crippen molar-refractivity contribution >= 4 is 50.6 Å². The Morgan fingerprint density at radius 1 is 1.00 bits per heavy atom. The third-order valence-electron chi connectivity index (χ3n) is 4.33. The lowest BCUT2D eigenvalue weighted by atomic mass is 10.1. The lowest BCUT2D eigenvalue weighted by molar-refractivity contribution is -0.384. The molecule has 2 N–H and O–H groups in total. The molecule has 0 radical (unpaired) electrons. The van der Waals surface area contributed by atoms with Gasteiger partial charge in [-0.1, -0.05) is 29.8 Å². The van der Waals surface area contributed by atoms with Gasteiger partial charge in [0.2, 0.25) is 0 Å². The Morgan fingerprint density at radius 3 is 2.36 bits per heavy atom. The summed E-state index contributed by atoms with van der Waals surface area (Å²) in [4.78, 5) is 34.7. The third-order valence-corrected chi connectivity index (χ3v) is 6.03. The highest BCUT2D eigenvalue weighted by Gasteiger charge is 2.20. The molecule has 0 aromatic heterocycles. The molecule has 12 heteroatoms. The van der Waals surface area contributed by atoms with Crippen molar-refractivity contribution in [1.82, 2.24) is 0 Å². The summed E-state index contributed by atoms with van der Waals surface area (Å²) in [6.07, 6.45) is 0. The van der Waals surface area contributed by atoms with Crippen LogP contribution in [0.15, 0.2) is 71.6 Å². The number of sulfonamides is 1.